The van der Waals surface area contributed by atoms with Crippen molar-refractivity contribution < 1.29 is 18.0 Å². The highest BCUT2D eigenvalue weighted by Crippen LogP contribution is 2.14. The van der Waals surface area contributed by atoms with Gasteiger partial charge in [0.25, 0.3) is 5.91 Å². The first-order valence-electron chi connectivity index (χ1n) is 5.02. The fraction of sp³-hybridized carbons (Fsp3) is 0.364. The van der Waals surface area contributed by atoms with Crippen molar-refractivity contribution in [2.24, 2.45) is 0 Å². The van der Waals surface area contributed by atoms with Gasteiger partial charge in [0, 0.05) is 25.7 Å². The van der Waals surface area contributed by atoms with Crippen LogP contribution in [-0.4, -0.2) is 38.0 Å². The molecule has 0 saturated heterocycles. The zero-order chi connectivity index (χ0) is 13.0. The van der Waals surface area contributed by atoms with Crippen LogP contribution in [0.5, 0.6) is 0 Å². The number of hydrogen-bond acceptors (Lipinski definition) is 2. The maximum absolute atomic E-state index is 12.9. The molecule has 1 amide bonds. The molecule has 1 aromatic carbocycles. The van der Waals surface area contributed by atoms with Gasteiger partial charge in [-0.2, -0.15) is 0 Å². The van der Waals surface area contributed by atoms with Gasteiger partial charge in [-0.15, -0.1) is 0 Å². The summed E-state index contributed by atoms with van der Waals surface area (Å²) in [7, 11) is 3.22. The highest BCUT2D eigenvalue weighted by atomic mass is 19.2. The number of hydrogen-bond donors (Lipinski definition) is 1. The zero-order valence-electron chi connectivity index (χ0n) is 9.56. The van der Waals surface area contributed by atoms with Crippen LogP contribution in [0.25, 0.3) is 0 Å². The molecular weight excluding hydrogens is 233 g/mol. The lowest BCUT2D eigenvalue weighted by molar-refractivity contribution is 0.0795. The van der Waals surface area contributed by atoms with Gasteiger partial charge >= 0.3 is 0 Å². The zero-order valence-corrected chi connectivity index (χ0v) is 9.56. The number of halogens is 3. The van der Waals surface area contributed by atoms with Crippen LogP contribution in [0.4, 0.5) is 13.2 Å². The molecule has 3 nitrogen and oxygen atoms in total. The van der Waals surface area contributed by atoms with E-state index < -0.39 is 23.4 Å². The fourth-order valence-electron chi connectivity index (χ4n) is 1.28. The Bertz CT molecular complexity index is 400. The van der Waals surface area contributed by atoms with Gasteiger partial charge in [-0.25, -0.2) is 13.2 Å². The van der Waals surface area contributed by atoms with Gasteiger partial charge in [0.05, 0.1) is 0 Å². The molecule has 1 rings (SSSR count). The monoisotopic (exact) mass is 246 g/mol. The Morgan fingerprint density at radius 1 is 1.29 bits per heavy atom. The first-order chi connectivity index (χ1) is 7.97. The number of carbonyl (C=O) groups is 1. The summed E-state index contributed by atoms with van der Waals surface area (Å²) in [6.45, 7) is 0.935. The van der Waals surface area contributed by atoms with Crippen molar-refractivity contribution in [2.45, 2.75) is 0 Å². The number of nitrogens with one attached hydrogen (secondary N) is 1. The number of rotatable bonds is 4. The quantitative estimate of drug-likeness (QED) is 0.814. The molecule has 6 heteroatoms. The molecule has 0 heterocycles. The van der Waals surface area contributed by atoms with E-state index >= 15 is 0 Å². The molecular formula is C11H13F3N2O. The summed E-state index contributed by atoms with van der Waals surface area (Å²) in [5.74, 6) is -4.86. The SMILES string of the molecule is CNCCN(C)C(=O)c1cc(F)c(F)c(F)c1. The molecule has 1 N–H and O–H groups in total. The lowest BCUT2D eigenvalue weighted by Crippen LogP contribution is -2.32. The van der Waals surface area contributed by atoms with Crippen LogP contribution in [0.3, 0.4) is 0 Å². The van der Waals surface area contributed by atoms with Gasteiger partial charge in [0.2, 0.25) is 0 Å². The molecule has 0 unspecified atom stereocenters. The van der Waals surface area contributed by atoms with Crippen LogP contribution in [0.2, 0.25) is 0 Å². The van der Waals surface area contributed by atoms with E-state index in [0.29, 0.717) is 25.2 Å². The van der Waals surface area contributed by atoms with Gasteiger partial charge in [0.1, 0.15) is 0 Å². The Kier molecular flexibility index (Phi) is 4.51. The average molecular weight is 246 g/mol. The van der Waals surface area contributed by atoms with E-state index in [0.717, 1.165) is 0 Å². The van der Waals surface area contributed by atoms with Crippen LogP contribution in [0.1, 0.15) is 10.4 Å². The van der Waals surface area contributed by atoms with E-state index in [1.165, 1.54) is 11.9 Å². The fourth-order valence-corrected chi connectivity index (χ4v) is 1.28. The molecule has 0 aliphatic carbocycles. The van der Waals surface area contributed by atoms with Crippen LogP contribution >= 0.6 is 0 Å². The number of carbonyl (C=O) groups excluding carboxylic acids is 1. The van der Waals surface area contributed by atoms with E-state index in [1.54, 1.807) is 7.05 Å². The van der Waals surface area contributed by atoms with Crippen LogP contribution < -0.4 is 5.32 Å². The second-order valence-electron chi connectivity index (χ2n) is 3.58. The lowest BCUT2D eigenvalue weighted by atomic mass is 10.2. The number of amides is 1. The molecule has 94 valence electrons. The van der Waals surface area contributed by atoms with Crippen LogP contribution in [0, 0.1) is 17.5 Å². The Labute approximate surface area is 97.2 Å². The Morgan fingerprint density at radius 3 is 2.29 bits per heavy atom. The highest BCUT2D eigenvalue weighted by molar-refractivity contribution is 5.94. The molecule has 0 aromatic heterocycles. The molecule has 0 aliphatic heterocycles. The van der Waals surface area contributed by atoms with E-state index in [4.69, 9.17) is 0 Å². The maximum atomic E-state index is 12.9. The maximum Gasteiger partial charge on any atom is 0.253 e. The van der Waals surface area contributed by atoms with Gasteiger partial charge < -0.3 is 10.2 Å². The number of benzene rings is 1. The highest BCUT2D eigenvalue weighted by Gasteiger charge is 2.17. The summed E-state index contributed by atoms with van der Waals surface area (Å²) < 4.78 is 38.5. The van der Waals surface area contributed by atoms with Crippen molar-refractivity contribution in [3.05, 3.63) is 35.1 Å². The second-order valence-corrected chi connectivity index (χ2v) is 3.58. The summed E-state index contributed by atoms with van der Waals surface area (Å²) in [6.07, 6.45) is 0. The third-order valence-corrected chi connectivity index (χ3v) is 2.27. The smallest absolute Gasteiger partial charge is 0.253 e. The minimum absolute atomic E-state index is 0.208. The topological polar surface area (TPSA) is 32.3 Å². The third kappa shape index (κ3) is 3.20. The molecule has 0 radical (unpaired) electrons. The summed E-state index contributed by atoms with van der Waals surface area (Å²) in [4.78, 5) is 13.0. The largest absolute Gasteiger partial charge is 0.340 e. The summed E-state index contributed by atoms with van der Waals surface area (Å²) in [6, 6.07) is 1.38. The van der Waals surface area contributed by atoms with Gasteiger partial charge in [0.15, 0.2) is 17.5 Å². The number of likely N-dealkylation sites (N-methyl/N-ethyl adjacent to an activating group) is 2. The predicted octanol–water partition coefficient (Wildman–Crippen LogP) is 1.40. The van der Waals surface area contributed by atoms with Crippen molar-refractivity contribution in [1.29, 1.82) is 0 Å². The minimum Gasteiger partial charge on any atom is -0.340 e. The molecule has 0 atom stereocenters. The molecule has 0 spiro atoms. The van der Waals surface area contributed by atoms with Crippen LogP contribution in [-0.2, 0) is 0 Å². The van der Waals surface area contributed by atoms with Gasteiger partial charge in [-0.1, -0.05) is 0 Å². The van der Waals surface area contributed by atoms with E-state index in [1.807, 2.05) is 0 Å². The number of nitrogens with zero attached hydrogens (tertiary/aromatic N) is 1. The molecule has 0 saturated carbocycles. The van der Waals surface area contributed by atoms with Crippen molar-refractivity contribution in [3.8, 4) is 0 Å². The first-order valence-corrected chi connectivity index (χ1v) is 5.02. The van der Waals surface area contributed by atoms with E-state index in [9.17, 15) is 18.0 Å². The molecule has 0 bridgehead atoms. The minimum atomic E-state index is -1.57. The molecule has 17 heavy (non-hydrogen) atoms. The first kappa shape index (κ1) is 13.5. The Balaban J connectivity index is 2.89. The second kappa shape index (κ2) is 5.67. The summed E-state index contributed by atoms with van der Waals surface area (Å²) in [5.41, 5.74) is -0.208. The summed E-state index contributed by atoms with van der Waals surface area (Å²) in [5, 5.41) is 2.83. The molecule has 0 fully saturated rings. The van der Waals surface area contributed by atoms with Crippen LogP contribution in [0.15, 0.2) is 12.1 Å². The van der Waals surface area contributed by atoms with Crippen molar-refractivity contribution in [2.75, 3.05) is 27.2 Å². The van der Waals surface area contributed by atoms with E-state index in [2.05, 4.69) is 5.32 Å². The average Bonchev–Trinajstić information content (AvgIpc) is 2.31. The standard InChI is InChI=1S/C11H13F3N2O/c1-15-3-4-16(2)11(17)7-5-8(12)10(14)9(13)6-7/h5-6,15H,3-4H2,1-2H3. The molecule has 1 aromatic rings. The summed E-state index contributed by atoms with van der Waals surface area (Å²) >= 11 is 0. The van der Waals surface area contributed by atoms with Crippen molar-refractivity contribution in [1.82, 2.24) is 10.2 Å². The third-order valence-electron chi connectivity index (χ3n) is 2.27. The van der Waals surface area contributed by atoms with Crippen molar-refractivity contribution >= 4 is 5.91 Å². The lowest BCUT2D eigenvalue weighted by Gasteiger charge is -2.17. The van der Waals surface area contributed by atoms with Gasteiger partial charge in [-0.3, -0.25) is 4.79 Å². The Morgan fingerprint density at radius 2 is 1.82 bits per heavy atom. The van der Waals surface area contributed by atoms with E-state index in [-0.39, 0.29) is 5.56 Å². The van der Waals surface area contributed by atoms with Gasteiger partial charge in [-0.05, 0) is 19.2 Å². The van der Waals surface area contributed by atoms with Crippen molar-refractivity contribution in [3.63, 3.8) is 0 Å². The predicted molar refractivity (Wildman–Crippen MR) is 57.2 cm³/mol. The Hall–Kier alpha value is -1.56. The normalized spacial score (nSPS) is 10.4. The molecule has 0 aliphatic rings.